The van der Waals surface area contributed by atoms with Gasteiger partial charge in [0, 0.05) is 141 Å². The topological polar surface area (TPSA) is 366 Å². The van der Waals surface area contributed by atoms with E-state index in [9.17, 15) is 65.4 Å². The van der Waals surface area contributed by atoms with Crippen molar-refractivity contribution in [1.82, 2.24) is 0 Å². The molecule has 0 heterocycles. The van der Waals surface area contributed by atoms with Crippen LogP contribution in [0.1, 0.15) is 5.56 Å². The fourth-order valence-electron chi connectivity index (χ4n) is 5.75. The summed E-state index contributed by atoms with van der Waals surface area (Å²) in [7, 11) is -23.7. The van der Waals surface area contributed by atoms with E-state index in [0.29, 0.717) is 6.07 Å². The van der Waals surface area contributed by atoms with E-state index in [-0.39, 0.29) is 162 Å². The van der Waals surface area contributed by atoms with Gasteiger partial charge in [-0.05, 0) is 77.9 Å². The molecule has 0 fully saturated rings. The summed E-state index contributed by atoms with van der Waals surface area (Å²) in [5.74, 6) is -1.87. The largest absolute Gasteiger partial charge is 0.505 e. The molecule has 4 radical (unpaired) electrons. The molecule has 31 heteroatoms. The minimum Gasteiger partial charge on any atom is -0.505 e. The van der Waals surface area contributed by atoms with Gasteiger partial charge in [0.25, 0.3) is 40.5 Å². The van der Waals surface area contributed by atoms with Crippen molar-refractivity contribution in [1.29, 1.82) is 0 Å². The van der Waals surface area contributed by atoms with Gasteiger partial charge in [-0.3, -0.25) is 18.2 Å². The van der Waals surface area contributed by atoms with Crippen LogP contribution in [0.2, 0.25) is 0 Å². The maximum absolute atomic E-state index is 13.3. The Morgan fingerprint density at radius 1 is 0.523 bits per heavy atom. The van der Waals surface area contributed by atoms with Crippen molar-refractivity contribution in [3.8, 4) is 17.2 Å². The van der Waals surface area contributed by atoms with Gasteiger partial charge in [-0.25, -0.2) is 0 Å². The van der Waals surface area contributed by atoms with E-state index in [1.54, 1.807) is 0 Å². The van der Waals surface area contributed by atoms with E-state index in [1.807, 2.05) is 0 Å². The van der Waals surface area contributed by atoms with E-state index in [2.05, 4.69) is 20.5 Å². The zero-order chi connectivity index (χ0) is 45.0. The van der Waals surface area contributed by atoms with E-state index in [1.165, 1.54) is 56.5 Å². The Bertz CT molecular complexity index is 3490. The molecule has 65 heavy (non-hydrogen) atoms. The van der Waals surface area contributed by atoms with Crippen LogP contribution < -0.4 is 14.7 Å². The first kappa shape index (κ1) is 59.0. The number of azo groups is 2. The second-order valence-corrected chi connectivity index (χ2v) is 19.8. The Morgan fingerprint density at radius 2 is 1.02 bits per heavy atom. The molecular weight excluding hydrogens is 1000 g/mol. The molecule has 6 rings (SSSR count). The fraction of sp³-hybridized carbons (Fsp3) is 0.0588. The zero-order valence-corrected chi connectivity index (χ0v) is 46.7. The van der Waals surface area contributed by atoms with Gasteiger partial charge < -0.3 is 19.8 Å². The van der Waals surface area contributed by atoms with Gasteiger partial charge in [-0.15, -0.1) is 15.3 Å². The van der Waals surface area contributed by atoms with Crippen LogP contribution in [0.3, 0.4) is 0 Å². The number of ether oxygens (including phenoxy) is 1. The molecule has 0 atom stereocenters. The van der Waals surface area contributed by atoms with Crippen molar-refractivity contribution >= 4 is 219 Å². The molecule has 0 saturated heterocycles. The number of phenolic OH excluding ortho intramolecular Hbond substituents is 1. The summed E-state index contributed by atoms with van der Waals surface area (Å²) in [6.45, 7) is 1.45. The maximum atomic E-state index is 13.3. The zero-order valence-electron chi connectivity index (χ0n) is 34.6. The molecule has 0 aliphatic rings. The van der Waals surface area contributed by atoms with Crippen LogP contribution in [0.5, 0.6) is 17.2 Å². The number of aromatic hydroxyl groups is 1. The number of nitrogens with two attached hydrogens (primary N) is 1. The quantitative estimate of drug-likeness (QED) is 0.0319. The van der Waals surface area contributed by atoms with E-state index in [4.69, 9.17) is 14.7 Å². The summed E-state index contributed by atoms with van der Waals surface area (Å²) in [5.41, 5.74) is 4.12. The Morgan fingerprint density at radius 3 is 1.54 bits per heavy atom. The molecule has 0 aliphatic heterocycles. The molecule has 0 saturated carbocycles. The summed E-state index contributed by atoms with van der Waals surface area (Å²) in [5, 5.41) is 25.6. The summed E-state index contributed by atoms with van der Waals surface area (Å²) in [6.07, 6.45) is 0. The molecule has 0 unspecified atom stereocenters. The van der Waals surface area contributed by atoms with Gasteiger partial charge in [-0.2, -0.15) is 47.2 Å². The third-order valence-corrected chi connectivity index (χ3v) is 13.1. The summed E-state index contributed by atoms with van der Waals surface area (Å²) in [6, 6.07) is 14.3. The number of fused-ring (bicyclic) bond motifs is 2. The molecule has 22 nitrogen and oxygen atoms in total. The number of aryl methyl sites for hydroxylation is 1. The fourth-order valence-corrected chi connectivity index (χ4v) is 8.99. The van der Waals surface area contributed by atoms with Crippen LogP contribution in [-0.4, -0.2) is 191 Å². The number of hydrogen-bond donors (Lipinski definition) is 6. The number of rotatable bonds is 12. The monoisotopic (exact) mass is 1030 g/mol. The van der Waals surface area contributed by atoms with Crippen LogP contribution >= 0.6 is 0 Å². The van der Waals surface area contributed by atoms with Crippen LogP contribution in [-0.2, 0) is 50.6 Å². The minimum atomic E-state index is -5.21. The molecule has 6 aromatic carbocycles. The van der Waals surface area contributed by atoms with Gasteiger partial charge >= 0.3 is 10.1 Å². The molecule has 0 spiro atoms. The van der Waals surface area contributed by atoms with Crippen molar-refractivity contribution in [2.75, 3.05) is 12.8 Å². The van der Waals surface area contributed by atoms with Crippen LogP contribution in [0, 0.1) is 6.92 Å². The Labute approximate surface area is 459 Å². The van der Waals surface area contributed by atoms with Crippen molar-refractivity contribution < 1.29 is 74.3 Å². The predicted octanol–water partition coefficient (Wildman–Crippen LogP) is 4.66. The molecule has 0 aliphatic carbocycles. The molecular formula is C34H27N5Na4O17S5. The maximum Gasteiger partial charge on any atom is 0.339 e. The van der Waals surface area contributed by atoms with Gasteiger partial charge in [0.1, 0.15) is 26.9 Å². The average Bonchev–Trinajstić information content (AvgIpc) is 3.15. The smallest absolute Gasteiger partial charge is 0.339 e. The second kappa shape index (κ2) is 22.1. The third kappa shape index (κ3) is 13.3. The Balaban J connectivity index is 0.00000363. The second-order valence-electron chi connectivity index (χ2n) is 12.6. The van der Waals surface area contributed by atoms with E-state index < -0.39 is 104 Å². The first-order valence-corrected chi connectivity index (χ1v) is 23.5. The van der Waals surface area contributed by atoms with Crippen molar-refractivity contribution in [3.05, 3.63) is 90.5 Å². The first-order chi connectivity index (χ1) is 28.2. The Hall–Kier alpha value is -2.17. The SMILES string of the molecule is COc1cc(N=Nc2cc(S(=O)(=O)O)cc3cc(S(=O)(=O)O)cc(OS(=O)(=O)c4ccccc4)c23)c(C)cc1N=Nc1c(S(=O)(=O)O)cc2cc(S(=O)(=O)O)cc(N)c2c1O.[Na].[Na].[Na].[Na]. The van der Waals surface area contributed by atoms with Gasteiger partial charge in [0.05, 0.1) is 38.6 Å². The standard InChI is InChI=1S/C34H27N5O17S5.4Na/c1-17-8-26(37-39-33-30(60(50,51)52)12-19-11-21(57(41,42)43)13-24(35)31(19)34(33)40)28(55-2)16-25(17)36-38-27-14-22(58(44,45)46)9-18-10-23(59(47,48)49)15-29(32(18)27)56-61(53,54)20-6-4-3-5-7-20;;;;/h3-16,40H,35H2,1-2H3,(H,41,42,43)(H,44,45,46)(H,47,48,49)(H,50,51,52);;;;. The average molecular weight is 1030 g/mol. The molecule has 6 aromatic rings. The van der Waals surface area contributed by atoms with Crippen LogP contribution in [0.15, 0.2) is 130 Å². The van der Waals surface area contributed by atoms with Gasteiger partial charge in [0.15, 0.2) is 11.5 Å². The summed E-state index contributed by atoms with van der Waals surface area (Å²) < 4.78 is 174. The molecule has 7 N–H and O–H groups in total. The predicted molar refractivity (Wildman–Crippen MR) is 237 cm³/mol. The normalized spacial score (nSPS) is 12.3. The van der Waals surface area contributed by atoms with E-state index >= 15 is 0 Å². The van der Waals surface area contributed by atoms with Crippen molar-refractivity contribution in [2.45, 2.75) is 31.4 Å². The van der Waals surface area contributed by atoms with Gasteiger partial charge in [0.2, 0.25) is 0 Å². The number of nitrogens with zero attached hydrogens (tertiary/aromatic N) is 4. The molecule has 0 aromatic heterocycles. The number of benzene rings is 6. The van der Waals surface area contributed by atoms with Crippen LogP contribution in [0.4, 0.5) is 28.4 Å². The van der Waals surface area contributed by atoms with E-state index in [0.717, 1.165) is 36.4 Å². The number of methoxy groups -OCH3 is 1. The summed E-state index contributed by atoms with van der Waals surface area (Å²) >= 11 is 0. The minimum absolute atomic E-state index is 0. The van der Waals surface area contributed by atoms with Crippen molar-refractivity contribution in [3.63, 3.8) is 0 Å². The number of phenols is 1. The number of nitrogen functional groups attached to an aromatic ring is 1. The number of hydrogen-bond acceptors (Lipinski definition) is 18. The summed E-state index contributed by atoms with van der Waals surface area (Å²) in [4.78, 5) is -3.95. The molecule has 324 valence electrons. The van der Waals surface area contributed by atoms with Gasteiger partial charge in [-0.1, -0.05) is 18.2 Å². The molecule has 0 amide bonds. The van der Waals surface area contributed by atoms with Crippen LogP contribution in [0.25, 0.3) is 21.5 Å². The number of anilines is 1. The first-order valence-electron chi connectivity index (χ1n) is 16.3. The molecule has 0 bridgehead atoms. The van der Waals surface area contributed by atoms with Crippen molar-refractivity contribution in [2.24, 2.45) is 20.5 Å². The third-order valence-electron chi connectivity index (χ3n) is 8.52. The Kier molecular flexibility index (Phi) is 20.0.